The predicted molar refractivity (Wildman–Crippen MR) is 48.2 cm³/mol. The van der Waals surface area contributed by atoms with Crippen LogP contribution in [0.25, 0.3) is 0 Å². The Morgan fingerprint density at radius 2 is 2.07 bits per heavy atom. The van der Waals surface area contributed by atoms with E-state index >= 15 is 0 Å². The maximum atomic E-state index is 13.1. The molecule has 82 valence electrons. The van der Waals surface area contributed by atoms with Crippen LogP contribution in [0.5, 0.6) is 0 Å². The van der Waals surface area contributed by atoms with Gasteiger partial charge in [-0.3, -0.25) is 0 Å². The van der Waals surface area contributed by atoms with E-state index in [4.69, 9.17) is 4.74 Å². The molecule has 3 nitrogen and oxygen atoms in total. The van der Waals surface area contributed by atoms with Crippen LogP contribution in [0.15, 0.2) is 23.1 Å². The molecule has 1 aliphatic heterocycles. The molecule has 0 amide bonds. The zero-order valence-corrected chi connectivity index (χ0v) is 8.43. The van der Waals surface area contributed by atoms with Gasteiger partial charge in [0, 0.05) is 0 Å². The van der Waals surface area contributed by atoms with Gasteiger partial charge in [0.1, 0.15) is 16.5 Å². The summed E-state index contributed by atoms with van der Waals surface area (Å²) in [7, 11) is -3.79. The minimum Gasteiger partial charge on any atom is -0.372 e. The average molecular weight is 234 g/mol. The molecule has 0 aromatic heterocycles. The Labute approximate surface area is 85.6 Å². The number of epoxide rings is 1. The summed E-state index contributed by atoms with van der Waals surface area (Å²) < 4.78 is 53.8. The van der Waals surface area contributed by atoms with E-state index in [2.05, 4.69) is 0 Å². The molecule has 0 saturated carbocycles. The first kappa shape index (κ1) is 10.5. The quantitative estimate of drug-likeness (QED) is 0.737. The van der Waals surface area contributed by atoms with Crippen molar-refractivity contribution in [3.8, 4) is 0 Å². The molecule has 15 heavy (non-hydrogen) atoms. The summed E-state index contributed by atoms with van der Waals surface area (Å²) in [6.07, 6.45) is -0.377. The third-order valence-corrected chi connectivity index (χ3v) is 3.83. The maximum Gasteiger partial charge on any atom is 0.184 e. The van der Waals surface area contributed by atoms with Gasteiger partial charge in [-0.25, -0.2) is 17.2 Å². The molecule has 1 aromatic rings. The zero-order valence-electron chi connectivity index (χ0n) is 7.61. The second-order valence-corrected chi connectivity index (χ2v) is 5.31. The van der Waals surface area contributed by atoms with Crippen molar-refractivity contribution in [2.24, 2.45) is 0 Å². The molecule has 0 unspecified atom stereocenters. The fourth-order valence-corrected chi connectivity index (χ4v) is 2.73. The number of ether oxygens (including phenoxy) is 1. The molecule has 1 heterocycles. The second kappa shape index (κ2) is 3.53. The van der Waals surface area contributed by atoms with E-state index in [1.54, 1.807) is 0 Å². The highest BCUT2D eigenvalue weighted by atomic mass is 32.2. The zero-order chi connectivity index (χ0) is 11.1. The SMILES string of the molecule is O=S(=O)(C[C@H]1CO1)c1cc(F)ccc1F. The topological polar surface area (TPSA) is 46.7 Å². The fraction of sp³-hybridized carbons (Fsp3) is 0.333. The van der Waals surface area contributed by atoms with Gasteiger partial charge in [0.2, 0.25) is 0 Å². The van der Waals surface area contributed by atoms with Gasteiger partial charge in [-0.15, -0.1) is 0 Å². The largest absolute Gasteiger partial charge is 0.372 e. The van der Waals surface area contributed by atoms with E-state index < -0.39 is 26.4 Å². The van der Waals surface area contributed by atoms with Crippen LogP contribution in [0, 0.1) is 11.6 Å². The van der Waals surface area contributed by atoms with E-state index in [-0.39, 0.29) is 11.9 Å². The number of rotatable bonds is 3. The molecule has 0 N–H and O–H groups in total. The smallest absolute Gasteiger partial charge is 0.184 e. The average Bonchev–Trinajstić information content (AvgIpc) is 2.92. The first-order valence-corrected chi connectivity index (χ1v) is 5.94. The molecule has 0 aliphatic carbocycles. The van der Waals surface area contributed by atoms with Gasteiger partial charge in [0.25, 0.3) is 0 Å². The molecule has 2 rings (SSSR count). The van der Waals surface area contributed by atoms with Crippen LogP contribution >= 0.6 is 0 Å². The van der Waals surface area contributed by atoms with Crippen LogP contribution in [-0.4, -0.2) is 26.9 Å². The lowest BCUT2D eigenvalue weighted by Crippen LogP contribution is -2.13. The Balaban J connectivity index is 2.38. The summed E-state index contributed by atoms with van der Waals surface area (Å²) in [6, 6.07) is 2.37. The summed E-state index contributed by atoms with van der Waals surface area (Å²) in [5.41, 5.74) is 0. The van der Waals surface area contributed by atoms with E-state index in [1.807, 2.05) is 0 Å². The summed E-state index contributed by atoms with van der Waals surface area (Å²) >= 11 is 0. The van der Waals surface area contributed by atoms with Crippen LogP contribution in [0.4, 0.5) is 8.78 Å². The molecule has 6 heteroatoms. The van der Waals surface area contributed by atoms with Gasteiger partial charge < -0.3 is 4.74 Å². The predicted octanol–water partition coefficient (Wildman–Crippen LogP) is 1.14. The lowest BCUT2D eigenvalue weighted by molar-refractivity contribution is 0.422. The summed E-state index contributed by atoms with van der Waals surface area (Å²) in [4.78, 5) is -0.599. The van der Waals surface area contributed by atoms with Crippen LogP contribution in [0.1, 0.15) is 0 Å². The van der Waals surface area contributed by atoms with Gasteiger partial charge in [-0.05, 0) is 18.2 Å². The molecule has 1 aromatic carbocycles. The minimum absolute atomic E-state index is 0.298. The highest BCUT2D eigenvalue weighted by Crippen LogP contribution is 2.21. The Kier molecular flexibility index (Phi) is 2.47. The van der Waals surface area contributed by atoms with Crippen molar-refractivity contribution in [3.05, 3.63) is 29.8 Å². The minimum atomic E-state index is -3.79. The van der Waals surface area contributed by atoms with Gasteiger partial charge in [-0.1, -0.05) is 0 Å². The summed E-state index contributed by atoms with van der Waals surface area (Å²) in [6.45, 7) is 0.357. The molecular formula is C9H8F2O3S. The van der Waals surface area contributed by atoms with Crippen molar-refractivity contribution >= 4 is 9.84 Å². The molecule has 1 aliphatic rings. The van der Waals surface area contributed by atoms with E-state index in [0.29, 0.717) is 12.7 Å². The van der Waals surface area contributed by atoms with Crippen molar-refractivity contribution in [1.29, 1.82) is 0 Å². The highest BCUT2D eigenvalue weighted by Gasteiger charge is 2.31. The van der Waals surface area contributed by atoms with Crippen molar-refractivity contribution in [1.82, 2.24) is 0 Å². The van der Waals surface area contributed by atoms with Crippen molar-refractivity contribution < 1.29 is 21.9 Å². The van der Waals surface area contributed by atoms with Crippen molar-refractivity contribution in [2.45, 2.75) is 11.0 Å². The first-order chi connectivity index (χ1) is 6.99. The molecule has 0 bridgehead atoms. The maximum absolute atomic E-state index is 13.1. The van der Waals surface area contributed by atoms with Gasteiger partial charge in [-0.2, -0.15) is 0 Å². The number of sulfone groups is 1. The highest BCUT2D eigenvalue weighted by molar-refractivity contribution is 7.91. The Morgan fingerprint density at radius 1 is 1.40 bits per heavy atom. The molecule has 1 saturated heterocycles. The Hall–Kier alpha value is -1.01. The van der Waals surface area contributed by atoms with Gasteiger partial charge in [0.05, 0.1) is 18.5 Å². The van der Waals surface area contributed by atoms with Crippen molar-refractivity contribution in [2.75, 3.05) is 12.4 Å². The van der Waals surface area contributed by atoms with Gasteiger partial charge in [0.15, 0.2) is 9.84 Å². The number of hydrogen-bond acceptors (Lipinski definition) is 3. The Bertz CT molecular complexity index is 480. The molecule has 1 atom stereocenters. The third-order valence-electron chi connectivity index (χ3n) is 2.04. The third kappa shape index (κ3) is 2.32. The van der Waals surface area contributed by atoms with E-state index in [9.17, 15) is 17.2 Å². The fourth-order valence-electron chi connectivity index (χ4n) is 1.21. The van der Waals surface area contributed by atoms with Gasteiger partial charge >= 0.3 is 0 Å². The molecule has 1 fully saturated rings. The number of hydrogen-bond donors (Lipinski definition) is 0. The summed E-state index contributed by atoms with van der Waals surface area (Å²) in [5.74, 6) is -2.00. The van der Waals surface area contributed by atoms with E-state index in [0.717, 1.165) is 12.1 Å². The lowest BCUT2D eigenvalue weighted by Gasteiger charge is -2.03. The number of benzene rings is 1. The molecule has 0 radical (unpaired) electrons. The second-order valence-electron chi connectivity index (χ2n) is 3.31. The normalized spacial score (nSPS) is 20.3. The van der Waals surface area contributed by atoms with Crippen LogP contribution < -0.4 is 0 Å². The molecular weight excluding hydrogens is 226 g/mol. The van der Waals surface area contributed by atoms with Crippen LogP contribution in [-0.2, 0) is 14.6 Å². The number of halogens is 2. The standard InChI is InChI=1S/C9H8F2O3S/c10-6-1-2-8(11)9(3-6)15(12,13)5-7-4-14-7/h1-3,7H,4-5H2/t7-/m1/s1. The van der Waals surface area contributed by atoms with Crippen LogP contribution in [0.3, 0.4) is 0 Å². The van der Waals surface area contributed by atoms with E-state index in [1.165, 1.54) is 0 Å². The van der Waals surface area contributed by atoms with Crippen molar-refractivity contribution in [3.63, 3.8) is 0 Å². The van der Waals surface area contributed by atoms with Crippen LogP contribution in [0.2, 0.25) is 0 Å². The lowest BCUT2D eigenvalue weighted by atomic mass is 10.3. The monoisotopic (exact) mass is 234 g/mol. The summed E-state index contributed by atoms with van der Waals surface area (Å²) in [5, 5.41) is 0. The first-order valence-electron chi connectivity index (χ1n) is 4.28. The molecule has 0 spiro atoms. The Morgan fingerprint density at radius 3 is 2.67 bits per heavy atom.